The summed E-state index contributed by atoms with van der Waals surface area (Å²) < 4.78 is 21.5. The van der Waals surface area contributed by atoms with Gasteiger partial charge in [0.2, 0.25) is 0 Å². The van der Waals surface area contributed by atoms with Crippen molar-refractivity contribution in [1.29, 1.82) is 0 Å². The van der Waals surface area contributed by atoms with Crippen LogP contribution in [-0.4, -0.2) is 20.5 Å². The summed E-state index contributed by atoms with van der Waals surface area (Å²) in [6.45, 7) is 2.13. The molecule has 22 heavy (non-hydrogen) atoms. The van der Waals surface area contributed by atoms with Crippen LogP contribution in [0.15, 0.2) is 40.4 Å². The predicted octanol–water partition coefficient (Wildman–Crippen LogP) is 4.77. The summed E-state index contributed by atoms with van der Waals surface area (Å²) in [5.74, 6) is 0.556. The van der Waals surface area contributed by atoms with Crippen molar-refractivity contribution in [3.63, 3.8) is 0 Å². The van der Waals surface area contributed by atoms with Gasteiger partial charge in [-0.3, -0.25) is 0 Å². The summed E-state index contributed by atoms with van der Waals surface area (Å²) in [6.07, 6.45) is 5.18. The molecular weight excluding hydrogens is 321 g/mol. The van der Waals surface area contributed by atoms with Crippen LogP contribution in [0, 0.1) is 10.3 Å². The quantitative estimate of drug-likeness (QED) is 0.381. The third-order valence-electron chi connectivity index (χ3n) is 3.18. The Morgan fingerprint density at radius 3 is 3.00 bits per heavy atom. The molecule has 0 atom stereocenters. The van der Waals surface area contributed by atoms with Crippen molar-refractivity contribution in [2.75, 3.05) is 5.75 Å². The zero-order valence-electron chi connectivity index (χ0n) is 12.0. The van der Waals surface area contributed by atoms with E-state index >= 15 is 0 Å². The van der Waals surface area contributed by atoms with Crippen molar-refractivity contribution in [2.24, 2.45) is 0 Å². The molecule has 3 rings (SSSR count). The Morgan fingerprint density at radius 2 is 2.27 bits per heavy atom. The highest BCUT2D eigenvalue weighted by Gasteiger charge is 2.15. The summed E-state index contributed by atoms with van der Waals surface area (Å²) in [5, 5.41) is 5.49. The second kappa shape index (κ2) is 6.58. The highest BCUT2D eigenvalue weighted by Crippen LogP contribution is 2.33. The van der Waals surface area contributed by atoms with E-state index < -0.39 is 0 Å². The van der Waals surface area contributed by atoms with E-state index in [1.165, 1.54) is 18.5 Å². The van der Waals surface area contributed by atoms with E-state index in [0.717, 1.165) is 18.6 Å². The summed E-state index contributed by atoms with van der Waals surface area (Å²) in [4.78, 5) is 3.97. The maximum absolute atomic E-state index is 13.5. The Labute approximate surface area is 136 Å². The Morgan fingerprint density at radius 1 is 1.41 bits per heavy atom. The van der Waals surface area contributed by atoms with Crippen LogP contribution in [0.25, 0.3) is 16.7 Å². The number of hydrogen-bond acceptors (Lipinski definition) is 5. The lowest BCUT2D eigenvalue weighted by Gasteiger charge is -2.10. The highest BCUT2D eigenvalue weighted by molar-refractivity contribution is 7.99. The number of thioether (sulfide) groups is 1. The van der Waals surface area contributed by atoms with E-state index in [2.05, 4.69) is 17.0 Å². The first kappa shape index (κ1) is 15.2. The fourth-order valence-electron chi connectivity index (χ4n) is 2.06. The van der Waals surface area contributed by atoms with Gasteiger partial charge in [0.15, 0.2) is 5.09 Å². The molecule has 0 saturated heterocycles. The molecule has 2 heterocycles. The van der Waals surface area contributed by atoms with Crippen LogP contribution in [0.5, 0.6) is 0 Å². The fraction of sp³-hybridized carbons (Fsp3) is 0.267. The maximum Gasteiger partial charge on any atom is 0.188 e. The molecule has 114 valence electrons. The average Bonchev–Trinajstić information content (AvgIpc) is 3.01. The summed E-state index contributed by atoms with van der Waals surface area (Å²) in [5.41, 5.74) is 1.14. The SMILES string of the molecule is CCCCSc1oc2cc(F)ccc2c(=S)c1-n1cncn1. The Balaban J connectivity index is 2.20. The zero-order valence-corrected chi connectivity index (χ0v) is 13.6. The van der Waals surface area contributed by atoms with Gasteiger partial charge in [0, 0.05) is 17.2 Å². The molecule has 0 bridgehead atoms. The fourth-order valence-corrected chi connectivity index (χ4v) is 3.58. The van der Waals surface area contributed by atoms with Crippen LogP contribution in [0.1, 0.15) is 19.8 Å². The van der Waals surface area contributed by atoms with Crippen molar-refractivity contribution in [3.8, 4) is 5.69 Å². The summed E-state index contributed by atoms with van der Waals surface area (Å²) >= 11 is 7.13. The molecule has 0 N–H and O–H groups in total. The standard InChI is InChI=1S/C15H14FN3OS2/c1-2-3-6-22-15-13(19-9-17-8-18-19)14(21)11-5-4-10(16)7-12(11)20-15/h4-5,7-9H,2-3,6H2,1H3. The first-order valence-electron chi connectivity index (χ1n) is 6.95. The third kappa shape index (κ3) is 2.91. The van der Waals surface area contributed by atoms with E-state index in [-0.39, 0.29) is 5.82 Å². The molecule has 7 heteroatoms. The second-order valence-electron chi connectivity index (χ2n) is 4.75. The molecule has 2 aromatic heterocycles. The Hall–Kier alpha value is -1.73. The van der Waals surface area contributed by atoms with Gasteiger partial charge in [-0.05, 0) is 18.6 Å². The molecule has 4 nitrogen and oxygen atoms in total. The van der Waals surface area contributed by atoms with Crippen molar-refractivity contribution in [1.82, 2.24) is 14.8 Å². The minimum absolute atomic E-state index is 0.344. The van der Waals surface area contributed by atoms with Crippen LogP contribution in [-0.2, 0) is 0 Å². The number of unbranched alkanes of at least 4 members (excludes halogenated alkanes) is 1. The van der Waals surface area contributed by atoms with Gasteiger partial charge in [-0.15, -0.1) is 0 Å². The van der Waals surface area contributed by atoms with Crippen molar-refractivity contribution >= 4 is 34.9 Å². The van der Waals surface area contributed by atoms with Gasteiger partial charge >= 0.3 is 0 Å². The van der Waals surface area contributed by atoms with Gasteiger partial charge in [-0.25, -0.2) is 14.1 Å². The predicted molar refractivity (Wildman–Crippen MR) is 87.6 cm³/mol. The molecule has 0 unspecified atom stereocenters. The monoisotopic (exact) mass is 335 g/mol. The molecular formula is C15H14FN3OS2. The van der Waals surface area contributed by atoms with Gasteiger partial charge in [-0.1, -0.05) is 37.3 Å². The largest absolute Gasteiger partial charge is 0.447 e. The molecule has 0 fully saturated rings. The number of rotatable bonds is 5. The first-order chi connectivity index (χ1) is 10.7. The van der Waals surface area contributed by atoms with Gasteiger partial charge in [0.1, 0.15) is 29.7 Å². The van der Waals surface area contributed by atoms with E-state index in [1.54, 1.807) is 28.8 Å². The molecule has 0 radical (unpaired) electrons. The molecule has 1 aromatic carbocycles. The van der Waals surface area contributed by atoms with Gasteiger partial charge in [-0.2, -0.15) is 5.10 Å². The molecule has 0 amide bonds. The van der Waals surface area contributed by atoms with Crippen LogP contribution in [0.4, 0.5) is 4.39 Å². The summed E-state index contributed by atoms with van der Waals surface area (Å²) in [7, 11) is 0. The lowest BCUT2D eigenvalue weighted by molar-refractivity contribution is 0.488. The van der Waals surface area contributed by atoms with Crippen LogP contribution >= 0.6 is 24.0 Å². The number of aromatic nitrogens is 3. The van der Waals surface area contributed by atoms with Crippen LogP contribution < -0.4 is 0 Å². The number of fused-ring (bicyclic) bond motifs is 1. The van der Waals surface area contributed by atoms with Crippen LogP contribution in [0.3, 0.4) is 0 Å². The number of nitrogens with zero attached hydrogens (tertiary/aromatic N) is 3. The lowest BCUT2D eigenvalue weighted by Crippen LogP contribution is -1.99. The average molecular weight is 335 g/mol. The highest BCUT2D eigenvalue weighted by atomic mass is 32.2. The van der Waals surface area contributed by atoms with Gasteiger partial charge in [0.25, 0.3) is 0 Å². The second-order valence-corrected chi connectivity index (χ2v) is 6.23. The topological polar surface area (TPSA) is 43.9 Å². The van der Waals surface area contributed by atoms with Gasteiger partial charge in [0.05, 0.1) is 4.51 Å². The van der Waals surface area contributed by atoms with E-state index in [4.69, 9.17) is 16.6 Å². The first-order valence-corrected chi connectivity index (χ1v) is 8.34. The minimum Gasteiger partial charge on any atom is -0.447 e. The van der Waals surface area contributed by atoms with Crippen molar-refractivity contribution in [2.45, 2.75) is 24.9 Å². The van der Waals surface area contributed by atoms with E-state index in [9.17, 15) is 4.39 Å². The Kier molecular flexibility index (Phi) is 4.54. The molecule has 0 saturated carbocycles. The van der Waals surface area contributed by atoms with Crippen molar-refractivity contribution < 1.29 is 8.81 Å². The smallest absolute Gasteiger partial charge is 0.188 e. The maximum atomic E-state index is 13.5. The lowest BCUT2D eigenvalue weighted by atomic mass is 10.2. The minimum atomic E-state index is -0.344. The summed E-state index contributed by atoms with van der Waals surface area (Å²) in [6, 6.07) is 4.38. The number of hydrogen-bond donors (Lipinski definition) is 0. The van der Waals surface area contributed by atoms with Crippen LogP contribution in [0.2, 0.25) is 0 Å². The third-order valence-corrected chi connectivity index (χ3v) is 4.62. The zero-order chi connectivity index (χ0) is 15.5. The van der Waals surface area contributed by atoms with Gasteiger partial charge < -0.3 is 4.42 Å². The molecule has 3 aromatic rings. The van der Waals surface area contributed by atoms with E-state index in [1.807, 2.05) is 0 Å². The molecule has 0 aliphatic rings. The van der Waals surface area contributed by atoms with E-state index in [0.29, 0.717) is 26.3 Å². The number of halogens is 1. The van der Waals surface area contributed by atoms with Crippen molar-refractivity contribution in [3.05, 3.63) is 41.2 Å². The normalized spacial score (nSPS) is 11.2. The molecule has 0 spiro atoms. The Bertz CT molecular complexity index is 846. The number of benzene rings is 1. The molecule has 0 aliphatic heterocycles. The molecule has 0 aliphatic carbocycles.